The van der Waals surface area contributed by atoms with Crippen LogP contribution in [0.4, 0.5) is 5.95 Å². The zero-order valence-electron chi connectivity index (χ0n) is 22.6. The third-order valence-corrected chi connectivity index (χ3v) is 8.93. The molecule has 0 aliphatic carbocycles. The van der Waals surface area contributed by atoms with Crippen molar-refractivity contribution in [1.29, 1.82) is 0 Å². The van der Waals surface area contributed by atoms with Gasteiger partial charge in [-0.15, -0.1) is 6.42 Å². The van der Waals surface area contributed by atoms with Gasteiger partial charge in [-0.25, -0.2) is 4.98 Å². The van der Waals surface area contributed by atoms with Crippen molar-refractivity contribution in [2.24, 2.45) is 0 Å². The standard InChI is InChI=1S/C31H34N6O3/c1-2-21-7-3-8-22-15-25(39)16-23(26(21)22)17-36-20-32-27-28(36)33-30(35-12-4-9-24(38)18-35)34-29(27)40-19-31-10-5-13-37(31)14-6-11-31/h1,3,7-8,15-16,20,24,38-39H,4-6,9-14,17-19H2/t24-/m1/s1. The minimum Gasteiger partial charge on any atom is -0.508 e. The Morgan fingerprint density at radius 3 is 2.75 bits per heavy atom. The molecule has 3 saturated heterocycles. The van der Waals surface area contributed by atoms with Gasteiger partial charge in [0.25, 0.3) is 0 Å². The lowest BCUT2D eigenvalue weighted by molar-refractivity contribution is 0.111. The van der Waals surface area contributed by atoms with E-state index < -0.39 is 6.10 Å². The van der Waals surface area contributed by atoms with E-state index in [1.807, 2.05) is 27.7 Å². The average Bonchev–Trinajstić information content (AvgIpc) is 3.66. The molecule has 3 aliphatic rings. The number of piperidine rings is 1. The first-order valence-electron chi connectivity index (χ1n) is 14.3. The van der Waals surface area contributed by atoms with Gasteiger partial charge < -0.3 is 24.4 Å². The molecule has 4 aromatic rings. The summed E-state index contributed by atoms with van der Waals surface area (Å²) in [6.07, 6.45) is 13.5. The summed E-state index contributed by atoms with van der Waals surface area (Å²) in [6, 6.07) is 9.25. The number of phenolic OH excluding ortho intramolecular Hbond substituents is 1. The Hall–Kier alpha value is -3.87. The van der Waals surface area contributed by atoms with E-state index in [1.165, 1.54) is 12.8 Å². The van der Waals surface area contributed by atoms with E-state index in [1.54, 1.807) is 18.5 Å². The molecule has 3 aliphatic heterocycles. The van der Waals surface area contributed by atoms with Gasteiger partial charge in [-0.3, -0.25) is 4.90 Å². The van der Waals surface area contributed by atoms with Gasteiger partial charge in [0.15, 0.2) is 11.2 Å². The third kappa shape index (κ3) is 4.32. The third-order valence-electron chi connectivity index (χ3n) is 8.93. The van der Waals surface area contributed by atoms with Crippen molar-refractivity contribution in [1.82, 2.24) is 24.4 Å². The second-order valence-corrected chi connectivity index (χ2v) is 11.5. The number of fused-ring (bicyclic) bond motifs is 3. The fourth-order valence-electron chi connectivity index (χ4n) is 6.99. The Bertz CT molecular complexity index is 1620. The van der Waals surface area contributed by atoms with Crippen LogP contribution in [0, 0.1) is 12.3 Å². The molecule has 2 N–H and O–H groups in total. The molecule has 2 aromatic carbocycles. The van der Waals surface area contributed by atoms with Gasteiger partial charge in [0.1, 0.15) is 12.4 Å². The Morgan fingerprint density at radius 2 is 1.95 bits per heavy atom. The van der Waals surface area contributed by atoms with Crippen LogP contribution in [0.1, 0.15) is 49.7 Å². The number of benzene rings is 2. The summed E-state index contributed by atoms with van der Waals surface area (Å²) < 4.78 is 8.49. The SMILES string of the molecule is C#Cc1cccc2cc(O)cc(Cn3cnc4c(OCC56CCCN5CCC6)nc(N5CCC[C@@H](O)C5)nc43)c12. The highest BCUT2D eigenvalue weighted by Gasteiger charge is 2.45. The summed E-state index contributed by atoms with van der Waals surface area (Å²) in [5, 5.41) is 22.7. The van der Waals surface area contributed by atoms with Crippen molar-refractivity contribution in [2.75, 3.05) is 37.7 Å². The van der Waals surface area contributed by atoms with E-state index >= 15 is 0 Å². The summed E-state index contributed by atoms with van der Waals surface area (Å²) in [6.45, 7) is 4.51. The van der Waals surface area contributed by atoms with Crippen LogP contribution < -0.4 is 9.64 Å². The van der Waals surface area contributed by atoms with E-state index in [0.717, 1.165) is 67.2 Å². The van der Waals surface area contributed by atoms with Crippen LogP contribution in [0.3, 0.4) is 0 Å². The fraction of sp³-hybridized carbons (Fsp3) is 0.452. The van der Waals surface area contributed by atoms with Crippen LogP contribution in [0.5, 0.6) is 11.6 Å². The van der Waals surface area contributed by atoms with E-state index in [-0.39, 0.29) is 11.3 Å². The predicted molar refractivity (Wildman–Crippen MR) is 154 cm³/mol. The van der Waals surface area contributed by atoms with Crippen molar-refractivity contribution in [3.05, 3.63) is 47.8 Å². The normalized spacial score (nSPS) is 20.7. The first-order chi connectivity index (χ1) is 19.5. The summed E-state index contributed by atoms with van der Waals surface area (Å²) in [5.74, 6) is 3.99. The summed E-state index contributed by atoms with van der Waals surface area (Å²) >= 11 is 0. The number of aliphatic hydroxyl groups is 1. The second-order valence-electron chi connectivity index (χ2n) is 11.5. The first-order valence-corrected chi connectivity index (χ1v) is 14.3. The molecule has 7 rings (SSSR count). The number of aromatic nitrogens is 4. The Kier molecular flexibility index (Phi) is 6.25. The molecule has 2 aromatic heterocycles. The van der Waals surface area contributed by atoms with Gasteiger partial charge in [0, 0.05) is 24.0 Å². The van der Waals surface area contributed by atoms with Crippen molar-refractivity contribution < 1.29 is 14.9 Å². The lowest BCUT2D eigenvalue weighted by Gasteiger charge is -2.32. The van der Waals surface area contributed by atoms with Crippen molar-refractivity contribution in [3.8, 4) is 24.0 Å². The van der Waals surface area contributed by atoms with Gasteiger partial charge >= 0.3 is 0 Å². The van der Waals surface area contributed by atoms with Gasteiger partial charge in [-0.1, -0.05) is 18.1 Å². The summed E-state index contributed by atoms with van der Waals surface area (Å²) in [7, 11) is 0. The van der Waals surface area contributed by atoms with E-state index in [4.69, 9.17) is 26.1 Å². The highest BCUT2D eigenvalue weighted by molar-refractivity contribution is 5.92. The molecule has 9 heteroatoms. The molecular weight excluding hydrogens is 504 g/mol. The number of rotatable bonds is 6. The number of nitrogens with zero attached hydrogens (tertiary/aromatic N) is 6. The number of ether oxygens (including phenoxy) is 1. The van der Waals surface area contributed by atoms with Gasteiger partial charge in [0.05, 0.1) is 24.5 Å². The molecule has 0 amide bonds. The monoisotopic (exact) mass is 538 g/mol. The van der Waals surface area contributed by atoms with Gasteiger partial charge in [-0.05, 0) is 80.8 Å². The minimum absolute atomic E-state index is 0.0768. The van der Waals surface area contributed by atoms with Crippen LogP contribution in [-0.2, 0) is 6.54 Å². The first kappa shape index (κ1) is 25.1. The van der Waals surface area contributed by atoms with E-state index in [2.05, 4.69) is 10.8 Å². The van der Waals surface area contributed by atoms with Gasteiger partial charge in [0.2, 0.25) is 11.8 Å². The topological polar surface area (TPSA) is 99.8 Å². The largest absolute Gasteiger partial charge is 0.508 e. The number of anilines is 1. The van der Waals surface area contributed by atoms with E-state index in [9.17, 15) is 10.2 Å². The molecule has 0 bridgehead atoms. The number of β-amino-alcohol motifs (C(OH)–C–C–N with tert-alkyl or cyclic N) is 1. The Labute approximate surface area is 233 Å². The molecule has 0 spiro atoms. The van der Waals surface area contributed by atoms with Crippen LogP contribution >= 0.6 is 0 Å². The van der Waals surface area contributed by atoms with Crippen LogP contribution in [0.25, 0.3) is 21.9 Å². The van der Waals surface area contributed by atoms with Gasteiger partial charge in [-0.2, -0.15) is 9.97 Å². The second kappa shape index (κ2) is 9.95. The van der Waals surface area contributed by atoms with Crippen LogP contribution in [-0.4, -0.2) is 79.1 Å². The maximum atomic E-state index is 10.5. The number of phenols is 1. The number of aliphatic hydroxyl groups excluding tert-OH is 1. The molecule has 9 nitrogen and oxygen atoms in total. The quantitative estimate of drug-likeness (QED) is 0.359. The molecule has 206 valence electrons. The summed E-state index contributed by atoms with van der Waals surface area (Å²) in [5.41, 5.74) is 3.00. The number of hydrogen-bond donors (Lipinski definition) is 2. The maximum absolute atomic E-state index is 10.5. The van der Waals surface area contributed by atoms with Crippen molar-refractivity contribution in [3.63, 3.8) is 0 Å². The summed E-state index contributed by atoms with van der Waals surface area (Å²) in [4.78, 5) is 19.1. The zero-order chi connectivity index (χ0) is 27.3. The van der Waals surface area contributed by atoms with Crippen molar-refractivity contribution in [2.45, 2.75) is 56.7 Å². The molecule has 40 heavy (non-hydrogen) atoms. The Balaban J connectivity index is 1.30. The number of aromatic hydroxyl groups is 1. The number of hydrogen-bond acceptors (Lipinski definition) is 8. The molecule has 0 radical (unpaired) electrons. The maximum Gasteiger partial charge on any atom is 0.247 e. The fourth-order valence-corrected chi connectivity index (χ4v) is 6.99. The number of imidazole rings is 1. The molecule has 5 heterocycles. The smallest absolute Gasteiger partial charge is 0.247 e. The van der Waals surface area contributed by atoms with Crippen LogP contribution in [0.2, 0.25) is 0 Å². The van der Waals surface area contributed by atoms with Crippen molar-refractivity contribution >= 4 is 27.9 Å². The molecular formula is C31H34N6O3. The molecule has 1 atom stereocenters. The molecule has 0 unspecified atom stereocenters. The highest BCUT2D eigenvalue weighted by Crippen LogP contribution is 2.40. The zero-order valence-corrected chi connectivity index (χ0v) is 22.6. The highest BCUT2D eigenvalue weighted by atomic mass is 16.5. The molecule has 0 saturated carbocycles. The lowest BCUT2D eigenvalue weighted by atomic mass is 9.95. The predicted octanol–water partition coefficient (Wildman–Crippen LogP) is 3.68. The Morgan fingerprint density at radius 1 is 1.10 bits per heavy atom. The lowest BCUT2D eigenvalue weighted by Crippen LogP contribution is -2.43. The number of terminal acetylenes is 1. The van der Waals surface area contributed by atoms with Crippen LogP contribution in [0.15, 0.2) is 36.7 Å². The van der Waals surface area contributed by atoms with E-state index in [0.29, 0.717) is 42.7 Å². The minimum atomic E-state index is -0.410. The average molecular weight is 539 g/mol. The molecule has 3 fully saturated rings.